The van der Waals surface area contributed by atoms with E-state index in [-0.39, 0.29) is 18.9 Å². The summed E-state index contributed by atoms with van der Waals surface area (Å²) in [4.78, 5) is 44.8. The second kappa shape index (κ2) is 9.33. The van der Waals surface area contributed by atoms with E-state index in [0.717, 1.165) is 27.3 Å². The smallest absolute Gasteiger partial charge is 0.333 e. The van der Waals surface area contributed by atoms with E-state index >= 15 is 0 Å². The first-order valence-corrected chi connectivity index (χ1v) is 11.8. The molecule has 0 saturated carbocycles. The van der Waals surface area contributed by atoms with Gasteiger partial charge < -0.3 is 13.6 Å². The zero-order valence-corrected chi connectivity index (χ0v) is 20.5. The van der Waals surface area contributed by atoms with Gasteiger partial charge in [0.1, 0.15) is 5.76 Å². The SMILES string of the molecule is CCn1cnc2c1c(=O)n(CC(=O)c1cc(C)n(Cc3ccco3)c1C)c(=O)n2Cc1ccccc1. The largest absolute Gasteiger partial charge is 0.467 e. The molecule has 4 heterocycles. The van der Waals surface area contributed by atoms with Gasteiger partial charge in [-0.25, -0.2) is 9.78 Å². The van der Waals surface area contributed by atoms with Gasteiger partial charge in [0.2, 0.25) is 0 Å². The third kappa shape index (κ3) is 4.02. The predicted molar refractivity (Wildman–Crippen MR) is 136 cm³/mol. The number of hydrogen-bond donors (Lipinski definition) is 0. The van der Waals surface area contributed by atoms with E-state index in [1.165, 1.54) is 4.57 Å². The Kier molecular flexibility index (Phi) is 6.05. The highest BCUT2D eigenvalue weighted by Crippen LogP contribution is 2.19. The summed E-state index contributed by atoms with van der Waals surface area (Å²) in [5, 5.41) is 0. The summed E-state index contributed by atoms with van der Waals surface area (Å²) in [5.41, 5.74) is 2.56. The molecule has 4 aromatic heterocycles. The molecule has 0 saturated heterocycles. The van der Waals surface area contributed by atoms with Crippen LogP contribution in [0.25, 0.3) is 11.2 Å². The van der Waals surface area contributed by atoms with Crippen LogP contribution in [0.15, 0.2) is 75.1 Å². The lowest BCUT2D eigenvalue weighted by Gasteiger charge is -2.12. The van der Waals surface area contributed by atoms with Crippen LogP contribution in [0.3, 0.4) is 0 Å². The first kappa shape index (κ1) is 23.3. The lowest BCUT2D eigenvalue weighted by Crippen LogP contribution is -2.42. The van der Waals surface area contributed by atoms with Crippen LogP contribution in [0.4, 0.5) is 0 Å². The number of carbonyl (C=O) groups is 1. The second-order valence-corrected chi connectivity index (χ2v) is 8.82. The molecule has 0 unspecified atom stereocenters. The molecular weight excluding hydrogens is 458 g/mol. The van der Waals surface area contributed by atoms with Gasteiger partial charge in [-0.15, -0.1) is 0 Å². The van der Waals surface area contributed by atoms with Crippen LogP contribution in [0.5, 0.6) is 0 Å². The number of aryl methyl sites for hydroxylation is 2. The van der Waals surface area contributed by atoms with E-state index in [2.05, 4.69) is 4.98 Å². The minimum atomic E-state index is -0.560. The maximum absolute atomic E-state index is 13.5. The van der Waals surface area contributed by atoms with Gasteiger partial charge in [0.15, 0.2) is 16.9 Å². The molecule has 0 aliphatic rings. The van der Waals surface area contributed by atoms with Crippen LogP contribution >= 0.6 is 0 Å². The number of imidazole rings is 1. The highest BCUT2D eigenvalue weighted by Gasteiger charge is 2.22. The molecule has 0 fully saturated rings. The number of Topliss-reactive ketones (excluding diaryl/α,β-unsaturated/α-hetero) is 1. The molecule has 5 rings (SSSR count). The van der Waals surface area contributed by atoms with Crippen molar-refractivity contribution in [2.24, 2.45) is 0 Å². The van der Waals surface area contributed by atoms with Gasteiger partial charge in [-0.1, -0.05) is 30.3 Å². The third-order valence-corrected chi connectivity index (χ3v) is 6.58. The number of benzene rings is 1. The summed E-state index contributed by atoms with van der Waals surface area (Å²) in [6, 6.07) is 15.0. The molecule has 0 N–H and O–H groups in total. The number of fused-ring (bicyclic) bond motifs is 1. The van der Waals surface area contributed by atoms with Crippen molar-refractivity contribution < 1.29 is 9.21 Å². The van der Waals surface area contributed by atoms with E-state index in [9.17, 15) is 14.4 Å². The summed E-state index contributed by atoms with van der Waals surface area (Å²) in [6.07, 6.45) is 3.17. The van der Waals surface area contributed by atoms with E-state index < -0.39 is 11.2 Å². The van der Waals surface area contributed by atoms with Crippen molar-refractivity contribution in [3.63, 3.8) is 0 Å². The fourth-order valence-electron chi connectivity index (χ4n) is 4.64. The van der Waals surface area contributed by atoms with Crippen molar-refractivity contribution in [1.82, 2.24) is 23.3 Å². The molecule has 9 heteroatoms. The second-order valence-electron chi connectivity index (χ2n) is 8.82. The predicted octanol–water partition coefficient (Wildman–Crippen LogP) is 3.37. The maximum Gasteiger partial charge on any atom is 0.333 e. The molecule has 36 heavy (non-hydrogen) atoms. The van der Waals surface area contributed by atoms with Crippen LogP contribution in [-0.4, -0.2) is 29.0 Å². The Hall–Kier alpha value is -4.40. The van der Waals surface area contributed by atoms with Gasteiger partial charge in [-0.3, -0.25) is 18.7 Å². The number of ketones is 1. The van der Waals surface area contributed by atoms with Gasteiger partial charge in [0, 0.05) is 23.5 Å². The Morgan fingerprint density at radius 1 is 0.972 bits per heavy atom. The fourth-order valence-corrected chi connectivity index (χ4v) is 4.64. The minimum absolute atomic E-state index is 0.239. The molecule has 0 bridgehead atoms. The van der Waals surface area contributed by atoms with Crippen molar-refractivity contribution in [2.45, 2.75) is 47.0 Å². The first-order valence-electron chi connectivity index (χ1n) is 11.8. The number of furan rings is 1. The number of nitrogens with zero attached hydrogens (tertiary/aromatic N) is 5. The monoisotopic (exact) mass is 485 g/mol. The van der Waals surface area contributed by atoms with E-state index in [4.69, 9.17) is 4.42 Å². The zero-order valence-electron chi connectivity index (χ0n) is 20.5. The molecule has 0 aliphatic carbocycles. The molecule has 1 aromatic carbocycles. The lowest BCUT2D eigenvalue weighted by molar-refractivity contribution is 0.0968. The maximum atomic E-state index is 13.5. The number of rotatable bonds is 8. The molecule has 5 aromatic rings. The average Bonchev–Trinajstić information content (AvgIpc) is 3.61. The van der Waals surface area contributed by atoms with Crippen LogP contribution in [0.2, 0.25) is 0 Å². The number of aromatic nitrogens is 5. The molecule has 0 atom stereocenters. The van der Waals surface area contributed by atoms with Gasteiger partial charge in [-0.2, -0.15) is 0 Å². The molecule has 0 amide bonds. The topological polar surface area (TPSA) is 97.0 Å². The molecule has 0 aliphatic heterocycles. The fraction of sp³-hybridized carbons (Fsp3) is 0.259. The van der Waals surface area contributed by atoms with Gasteiger partial charge >= 0.3 is 5.69 Å². The molecule has 9 nitrogen and oxygen atoms in total. The normalized spacial score (nSPS) is 11.4. The van der Waals surface area contributed by atoms with Crippen LogP contribution in [0.1, 0.15) is 40.0 Å². The summed E-state index contributed by atoms with van der Waals surface area (Å²) in [7, 11) is 0. The van der Waals surface area contributed by atoms with Crippen molar-refractivity contribution >= 4 is 16.9 Å². The Morgan fingerprint density at radius 3 is 2.44 bits per heavy atom. The Bertz CT molecular complexity index is 1670. The minimum Gasteiger partial charge on any atom is -0.467 e. The first-order chi connectivity index (χ1) is 17.4. The van der Waals surface area contributed by atoms with Gasteiger partial charge in [0.25, 0.3) is 5.56 Å². The molecular formula is C27H27N5O4. The summed E-state index contributed by atoms with van der Waals surface area (Å²) in [5.74, 6) is 0.468. The van der Waals surface area contributed by atoms with Crippen molar-refractivity contribution in [2.75, 3.05) is 0 Å². The highest BCUT2D eigenvalue weighted by molar-refractivity contribution is 5.97. The zero-order chi connectivity index (χ0) is 25.4. The number of carbonyl (C=O) groups excluding carboxylic acids is 1. The van der Waals surface area contributed by atoms with Crippen molar-refractivity contribution in [3.8, 4) is 0 Å². The van der Waals surface area contributed by atoms with Crippen molar-refractivity contribution in [1.29, 1.82) is 0 Å². The standard InChI is InChI=1S/C27H27N5O4/c1-4-29-17-28-25-24(29)26(34)32(27(35)31(25)14-20-9-6-5-7-10-20)16-23(33)22-13-18(2)30(19(22)3)15-21-11-8-12-36-21/h5-13,17H,4,14-16H2,1-3H3. The molecule has 0 radical (unpaired) electrons. The Balaban J connectivity index is 1.57. The average molecular weight is 486 g/mol. The van der Waals surface area contributed by atoms with Gasteiger partial charge in [-0.05, 0) is 44.5 Å². The molecule has 184 valence electrons. The lowest BCUT2D eigenvalue weighted by atomic mass is 10.1. The highest BCUT2D eigenvalue weighted by atomic mass is 16.3. The Labute approximate surface area is 206 Å². The Morgan fingerprint density at radius 2 is 1.75 bits per heavy atom. The van der Waals surface area contributed by atoms with Gasteiger partial charge in [0.05, 0.1) is 32.2 Å². The molecule has 0 spiro atoms. The number of hydrogen-bond acceptors (Lipinski definition) is 5. The third-order valence-electron chi connectivity index (χ3n) is 6.58. The van der Waals surface area contributed by atoms with E-state index in [1.807, 2.05) is 67.8 Å². The van der Waals surface area contributed by atoms with E-state index in [1.54, 1.807) is 23.2 Å². The summed E-state index contributed by atoms with van der Waals surface area (Å²) in [6.45, 7) is 6.55. The summed E-state index contributed by atoms with van der Waals surface area (Å²) < 4.78 is 11.6. The van der Waals surface area contributed by atoms with Crippen molar-refractivity contribution in [3.05, 3.63) is 110 Å². The van der Waals surface area contributed by atoms with Crippen LogP contribution in [-0.2, 0) is 26.2 Å². The quantitative estimate of drug-likeness (QED) is 0.314. The van der Waals surface area contributed by atoms with Crippen LogP contribution < -0.4 is 11.2 Å². The van der Waals surface area contributed by atoms with E-state index in [0.29, 0.717) is 29.8 Å². The van der Waals surface area contributed by atoms with Crippen LogP contribution in [0, 0.1) is 13.8 Å². The summed E-state index contributed by atoms with van der Waals surface area (Å²) >= 11 is 0.